The highest BCUT2D eigenvalue weighted by Crippen LogP contribution is 2.32. The van der Waals surface area contributed by atoms with Gasteiger partial charge in [-0.1, -0.05) is 12.1 Å². The van der Waals surface area contributed by atoms with E-state index >= 15 is 0 Å². The Morgan fingerprint density at radius 3 is 2.61 bits per heavy atom. The van der Waals surface area contributed by atoms with Crippen molar-refractivity contribution in [3.8, 4) is 17.1 Å². The van der Waals surface area contributed by atoms with Crippen LogP contribution < -0.4 is 15.0 Å². The number of hydrogen-bond acceptors (Lipinski definition) is 7. The Bertz CT molecular complexity index is 1340. The molecule has 1 fully saturated rings. The number of furan rings is 1. The van der Waals surface area contributed by atoms with E-state index in [1.54, 1.807) is 49.4 Å². The molecule has 1 aliphatic heterocycles. The van der Waals surface area contributed by atoms with Crippen LogP contribution in [0, 0.1) is 17.0 Å². The van der Waals surface area contributed by atoms with E-state index in [4.69, 9.17) is 21.4 Å². The van der Waals surface area contributed by atoms with Gasteiger partial charge in [-0.3, -0.25) is 25.0 Å². The maximum absolute atomic E-state index is 13.2. The summed E-state index contributed by atoms with van der Waals surface area (Å²) in [5, 5.41) is 13.4. The molecule has 2 aromatic carbocycles. The topological polar surface area (TPSA) is 115 Å². The number of methoxy groups -OCH3 is 1. The fourth-order valence-electron chi connectivity index (χ4n) is 3.45. The number of thiocarbonyl (C=S) groups is 1. The highest BCUT2D eigenvalue weighted by Gasteiger charge is 2.36. The minimum absolute atomic E-state index is 0.0259. The maximum Gasteiger partial charge on any atom is 0.270 e. The molecule has 2 amide bonds. The first-order valence-electron chi connectivity index (χ1n) is 9.70. The number of nitrogens with zero attached hydrogens (tertiary/aromatic N) is 2. The van der Waals surface area contributed by atoms with Gasteiger partial charge in [0.05, 0.1) is 17.7 Å². The molecule has 2 heterocycles. The van der Waals surface area contributed by atoms with E-state index in [-0.39, 0.29) is 22.1 Å². The van der Waals surface area contributed by atoms with Gasteiger partial charge in [-0.05, 0) is 61.1 Å². The number of hydrogen-bond donors (Lipinski definition) is 1. The van der Waals surface area contributed by atoms with Crippen LogP contribution >= 0.6 is 12.2 Å². The molecule has 0 atom stereocenters. The molecule has 0 unspecified atom stereocenters. The number of nitro benzene ring substituents is 1. The van der Waals surface area contributed by atoms with E-state index in [9.17, 15) is 19.7 Å². The predicted molar refractivity (Wildman–Crippen MR) is 125 cm³/mol. The average Bonchev–Trinajstić information content (AvgIpc) is 3.25. The van der Waals surface area contributed by atoms with Gasteiger partial charge in [0.25, 0.3) is 17.5 Å². The number of carbonyl (C=O) groups excluding carboxylic acids is 2. The average molecular weight is 463 g/mol. The first kappa shape index (κ1) is 21.9. The van der Waals surface area contributed by atoms with Crippen LogP contribution in [0.4, 0.5) is 11.4 Å². The Kier molecular flexibility index (Phi) is 5.76. The largest absolute Gasteiger partial charge is 0.495 e. The Morgan fingerprint density at radius 1 is 1.15 bits per heavy atom. The van der Waals surface area contributed by atoms with E-state index in [1.807, 2.05) is 0 Å². The van der Waals surface area contributed by atoms with Crippen molar-refractivity contribution < 1.29 is 23.7 Å². The Hall–Kier alpha value is -4.31. The molecule has 0 spiro atoms. The van der Waals surface area contributed by atoms with Gasteiger partial charge in [-0.2, -0.15) is 0 Å². The minimum atomic E-state index is -0.652. The Morgan fingerprint density at radius 2 is 1.91 bits per heavy atom. The molecule has 0 aliphatic carbocycles. The third-order valence-corrected chi connectivity index (χ3v) is 5.31. The van der Waals surface area contributed by atoms with Crippen LogP contribution in [-0.2, 0) is 9.59 Å². The summed E-state index contributed by atoms with van der Waals surface area (Å²) in [7, 11) is 1.47. The van der Waals surface area contributed by atoms with Gasteiger partial charge in [0.1, 0.15) is 22.8 Å². The number of ether oxygens (including phenoxy) is 1. The molecule has 1 saturated heterocycles. The molecule has 0 saturated carbocycles. The molecule has 0 radical (unpaired) electrons. The molecule has 3 aromatic rings. The minimum Gasteiger partial charge on any atom is -0.495 e. The number of carbonyl (C=O) groups is 2. The lowest BCUT2D eigenvalue weighted by Gasteiger charge is -2.29. The highest BCUT2D eigenvalue weighted by molar-refractivity contribution is 7.80. The number of non-ortho nitro benzene ring substituents is 1. The second-order valence-electron chi connectivity index (χ2n) is 7.09. The van der Waals surface area contributed by atoms with Crippen molar-refractivity contribution in [1.82, 2.24) is 5.32 Å². The van der Waals surface area contributed by atoms with Gasteiger partial charge in [-0.25, -0.2) is 4.90 Å². The molecule has 33 heavy (non-hydrogen) atoms. The molecule has 166 valence electrons. The van der Waals surface area contributed by atoms with Crippen molar-refractivity contribution in [2.75, 3.05) is 12.0 Å². The van der Waals surface area contributed by atoms with E-state index in [1.165, 1.54) is 30.2 Å². The molecule has 1 aliphatic rings. The molecule has 0 bridgehead atoms. The van der Waals surface area contributed by atoms with Gasteiger partial charge in [0.2, 0.25) is 0 Å². The van der Waals surface area contributed by atoms with E-state index < -0.39 is 16.7 Å². The van der Waals surface area contributed by atoms with Gasteiger partial charge < -0.3 is 9.15 Å². The summed E-state index contributed by atoms with van der Waals surface area (Å²) >= 11 is 5.22. The lowest BCUT2D eigenvalue weighted by atomic mass is 10.1. The number of amides is 2. The number of anilines is 1. The third-order valence-electron chi connectivity index (χ3n) is 5.03. The zero-order chi connectivity index (χ0) is 23.7. The summed E-state index contributed by atoms with van der Waals surface area (Å²) < 4.78 is 11.1. The zero-order valence-corrected chi connectivity index (χ0v) is 18.3. The molecular formula is C23H17N3O6S. The fourth-order valence-corrected chi connectivity index (χ4v) is 3.72. The number of nitro groups is 1. The van der Waals surface area contributed by atoms with Crippen LogP contribution in [0.15, 0.2) is 64.6 Å². The van der Waals surface area contributed by atoms with Gasteiger partial charge in [0.15, 0.2) is 5.11 Å². The van der Waals surface area contributed by atoms with Crippen molar-refractivity contribution in [3.05, 3.63) is 81.6 Å². The van der Waals surface area contributed by atoms with Gasteiger partial charge >= 0.3 is 0 Å². The van der Waals surface area contributed by atoms with Crippen LogP contribution in [0.5, 0.6) is 5.75 Å². The second kappa shape index (κ2) is 8.67. The molecule has 1 N–H and O–H groups in total. The number of para-hydroxylation sites is 2. The fraction of sp³-hybridized carbons (Fsp3) is 0.0870. The Balaban J connectivity index is 1.68. The predicted octanol–water partition coefficient (Wildman–Crippen LogP) is 4.00. The monoisotopic (exact) mass is 463 g/mol. The lowest BCUT2D eigenvalue weighted by Crippen LogP contribution is -2.54. The van der Waals surface area contributed by atoms with E-state index in [0.717, 1.165) is 0 Å². The summed E-state index contributed by atoms with van der Waals surface area (Å²) in [6, 6.07) is 14.5. The summed E-state index contributed by atoms with van der Waals surface area (Å²) in [6.45, 7) is 1.73. The molecule has 9 nitrogen and oxygen atoms in total. The first-order valence-corrected chi connectivity index (χ1v) is 10.1. The second-order valence-corrected chi connectivity index (χ2v) is 7.47. The van der Waals surface area contributed by atoms with Crippen molar-refractivity contribution in [2.45, 2.75) is 6.92 Å². The van der Waals surface area contributed by atoms with Crippen LogP contribution in [0.1, 0.15) is 11.3 Å². The first-order chi connectivity index (χ1) is 15.8. The SMILES string of the molecule is COc1ccccc1N1C(=O)/C(=C\c2ccc(-c3ccc([N+](=O)[O-])cc3C)o2)C(=O)NC1=S. The number of nitrogens with one attached hydrogen (secondary N) is 1. The molecular weight excluding hydrogens is 446 g/mol. The van der Waals surface area contributed by atoms with E-state index in [2.05, 4.69) is 5.32 Å². The van der Waals surface area contributed by atoms with Crippen molar-refractivity contribution in [2.24, 2.45) is 0 Å². The standard InChI is InChI=1S/C23H17N3O6S/c1-13-11-14(26(29)30)7-9-16(13)19-10-8-15(32-19)12-17-21(27)24-23(33)25(22(17)28)18-5-3-4-6-20(18)31-2/h3-12H,1-2H3,(H,24,27,33)/b17-12-. The lowest BCUT2D eigenvalue weighted by molar-refractivity contribution is -0.384. The smallest absolute Gasteiger partial charge is 0.270 e. The van der Waals surface area contributed by atoms with Crippen LogP contribution in [0.3, 0.4) is 0 Å². The van der Waals surface area contributed by atoms with Crippen molar-refractivity contribution in [1.29, 1.82) is 0 Å². The highest BCUT2D eigenvalue weighted by atomic mass is 32.1. The third kappa shape index (κ3) is 4.11. The van der Waals surface area contributed by atoms with Crippen LogP contribution in [0.25, 0.3) is 17.4 Å². The van der Waals surface area contributed by atoms with Gasteiger partial charge in [-0.15, -0.1) is 0 Å². The zero-order valence-electron chi connectivity index (χ0n) is 17.5. The summed E-state index contributed by atoms with van der Waals surface area (Å²) in [5.41, 5.74) is 1.50. The van der Waals surface area contributed by atoms with Crippen molar-refractivity contribution in [3.63, 3.8) is 0 Å². The van der Waals surface area contributed by atoms with E-state index in [0.29, 0.717) is 28.3 Å². The number of rotatable bonds is 5. The molecule has 4 rings (SSSR count). The molecule has 10 heteroatoms. The summed E-state index contributed by atoms with van der Waals surface area (Å²) in [5.74, 6) is -0.167. The molecule has 1 aromatic heterocycles. The van der Waals surface area contributed by atoms with Crippen molar-refractivity contribution >= 4 is 46.6 Å². The van der Waals surface area contributed by atoms with Gasteiger partial charge in [0, 0.05) is 17.7 Å². The Labute approximate surface area is 193 Å². The normalized spacial score (nSPS) is 15.0. The van der Waals surface area contributed by atoms with Crippen LogP contribution in [-0.4, -0.2) is 29.0 Å². The summed E-state index contributed by atoms with van der Waals surface area (Å²) in [4.78, 5) is 37.4. The number of benzene rings is 2. The summed E-state index contributed by atoms with van der Waals surface area (Å²) in [6.07, 6.45) is 1.33. The quantitative estimate of drug-likeness (QED) is 0.200. The maximum atomic E-state index is 13.2. The number of aryl methyl sites for hydroxylation is 1. The van der Waals surface area contributed by atoms with Crippen LogP contribution in [0.2, 0.25) is 0 Å².